The Kier molecular flexibility index (Phi) is 5.48. The molecular formula is C21H18F3N5OS. The number of imidazole rings is 1. The molecule has 0 N–H and O–H groups in total. The fraction of sp³-hybridized carbons (Fsp3) is 0.238. The van der Waals surface area contributed by atoms with Crippen molar-refractivity contribution in [3.63, 3.8) is 0 Å². The molecule has 1 aliphatic heterocycles. The van der Waals surface area contributed by atoms with E-state index in [0.29, 0.717) is 24.2 Å². The lowest BCUT2D eigenvalue weighted by atomic mass is 10.1. The van der Waals surface area contributed by atoms with Gasteiger partial charge in [-0.25, -0.2) is 9.97 Å². The molecule has 6 nitrogen and oxygen atoms in total. The van der Waals surface area contributed by atoms with E-state index in [1.54, 1.807) is 26.2 Å². The Hall–Kier alpha value is -3.27. The minimum absolute atomic E-state index is 0.0392. The molecule has 0 spiro atoms. The zero-order chi connectivity index (χ0) is 22.2. The number of hydrogen-bond acceptors (Lipinski definition) is 5. The zero-order valence-corrected chi connectivity index (χ0v) is 17.5. The number of aliphatic imine (C=N–C) groups is 1. The van der Waals surface area contributed by atoms with Crippen LogP contribution in [0.4, 0.5) is 13.2 Å². The topological polar surface area (TPSA) is 62.9 Å². The molecule has 160 valence electrons. The SMILES string of the molecule is C/C=C(\C=NC)c1cc(C(F)(F)F)c2nc(C(=O)N3CC=C(c4nccs4)C3)cn2c1. The maximum Gasteiger partial charge on any atom is 0.420 e. The van der Waals surface area contributed by atoms with Gasteiger partial charge in [0.2, 0.25) is 0 Å². The number of rotatable bonds is 4. The first-order valence-corrected chi connectivity index (χ1v) is 10.3. The Morgan fingerprint density at radius 3 is 2.77 bits per heavy atom. The summed E-state index contributed by atoms with van der Waals surface area (Å²) >= 11 is 1.47. The van der Waals surface area contributed by atoms with Crippen molar-refractivity contribution < 1.29 is 18.0 Å². The molecule has 3 aromatic heterocycles. The number of halogens is 3. The summed E-state index contributed by atoms with van der Waals surface area (Å²) in [4.78, 5) is 26.7. The van der Waals surface area contributed by atoms with Crippen molar-refractivity contribution in [2.24, 2.45) is 4.99 Å². The van der Waals surface area contributed by atoms with Gasteiger partial charge in [-0.3, -0.25) is 9.79 Å². The molecule has 4 rings (SSSR count). The van der Waals surface area contributed by atoms with Gasteiger partial charge in [0.05, 0.1) is 5.56 Å². The number of pyridine rings is 1. The molecule has 0 fully saturated rings. The Bertz CT molecular complexity index is 1220. The molecule has 1 amide bonds. The molecule has 10 heteroatoms. The fourth-order valence-electron chi connectivity index (χ4n) is 3.43. The van der Waals surface area contributed by atoms with E-state index < -0.39 is 17.6 Å². The number of thiazole rings is 1. The molecule has 0 aliphatic carbocycles. The minimum atomic E-state index is -4.63. The van der Waals surface area contributed by atoms with Crippen LogP contribution in [0.3, 0.4) is 0 Å². The van der Waals surface area contributed by atoms with E-state index in [1.807, 2.05) is 11.5 Å². The third-order valence-electron chi connectivity index (χ3n) is 4.90. The maximum absolute atomic E-state index is 13.8. The average Bonchev–Trinajstić information content (AvgIpc) is 3.49. The van der Waals surface area contributed by atoms with Crippen molar-refractivity contribution in [1.29, 1.82) is 0 Å². The number of carbonyl (C=O) groups is 1. The van der Waals surface area contributed by atoms with Gasteiger partial charge in [-0.2, -0.15) is 13.2 Å². The number of alkyl halides is 3. The average molecular weight is 445 g/mol. The van der Waals surface area contributed by atoms with Gasteiger partial charge < -0.3 is 9.30 Å². The summed E-state index contributed by atoms with van der Waals surface area (Å²) in [6, 6.07) is 1.03. The van der Waals surface area contributed by atoms with Crippen LogP contribution in [0.2, 0.25) is 0 Å². The van der Waals surface area contributed by atoms with Crippen molar-refractivity contribution in [1.82, 2.24) is 19.3 Å². The first kappa shape index (κ1) is 21.0. The van der Waals surface area contributed by atoms with Crippen LogP contribution in [0.15, 0.2) is 47.2 Å². The van der Waals surface area contributed by atoms with Gasteiger partial charge in [0.1, 0.15) is 16.3 Å². The normalized spacial score (nSPS) is 15.3. The number of hydrogen-bond donors (Lipinski definition) is 0. The molecule has 1 aliphatic rings. The summed E-state index contributed by atoms with van der Waals surface area (Å²) in [7, 11) is 1.55. The smallest absolute Gasteiger partial charge is 0.329 e. The van der Waals surface area contributed by atoms with Crippen LogP contribution in [0.1, 0.15) is 33.5 Å². The molecule has 0 saturated carbocycles. The van der Waals surface area contributed by atoms with Crippen molar-refractivity contribution in [2.75, 3.05) is 20.1 Å². The highest BCUT2D eigenvalue weighted by atomic mass is 32.1. The quantitative estimate of drug-likeness (QED) is 0.558. The van der Waals surface area contributed by atoms with Gasteiger partial charge >= 0.3 is 6.18 Å². The van der Waals surface area contributed by atoms with Crippen LogP contribution in [-0.2, 0) is 6.18 Å². The summed E-state index contributed by atoms with van der Waals surface area (Å²) in [5.74, 6) is -0.428. The summed E-state index contributed by atoms with van der Waals surface area (Å²) in [5.41, 5.74) is 0.530. The molecule has 0 radical (unpaired) electrons. The largest absolute Gasteiger partial charge is 0.420 e. The molecule has 0 bridgehead atoms. The van der Waals surface area contributed by atoms with Gasteiger partial charge in [-0.05, 0) is 18.6 Å². The highest BCUT2D eigenvalue weighted by Crippen LogP contribution is 2.34. The number of aromatic nitrogens is 3. The van der Waals surface area contributed by atoms with E-state index in [4.69, 9.17) is 0 Å². The van der Waals surface area contributed by atoms with Crippen molar-refractivity contribution in [3.8, 4) is 0 Å². The Morgan fingerprint density at radius 1 is 1.32 bits per heavy atom. The minimum Gasteiger partial charge on any atom is -0.329 e. The number of carbonyl (C=O) groups excluding carboxylic acids is 1. The monoisotopic (exact) mass is 445 g/mol. The molecule has 31 heavy (non-hydrogen) atoms. The molecule has 4 heterocycles. The van der Waals surface area contributed by atoms with Crippen LogP contribution < -0.4 is 0 Å². The van der Waals surface area contributed by atoms with E-state index in [2.05, 4.69) is 15.0 Å². The predicted molar refractivity (Wildman–Crippen MR) is 114 cm³/mol. The molecule has 0 aromatic carbocycles. The molecule has 0 atom stereocenters. The Balaban J connectivity index is 1.71. The van der Waals surface area contributed by atoms with Gasteiger partial charge in [0.25, 0.3) is 5.91 Å². The first-order chi connectivity index (χ1) is 14.8. The van der Waals surface area contributed by atoms with Crippen molar-refractivity contribution in [3.05, 3.63) is 64.0 Å². The molecular weight excluding hydrogens is 427 g/mol. The van der Waals surface area contributed by atoms with E-state index in [0.717, 1.165) is 16.6 Å². The Morgan fingerprint density at radius 2 is 2.13 bits per heavy atom. The number of nitrogens with zero attached hydrogens (tertiary/aromatic N) is 5. The zero-order valence-electron chi connectivity index (χ0n) is 16.7. The standard InChI is InChI=1S/C21H18F3N5OS/c1-3-13(9-25-2)15-8-16(21(22,23)24)18-27-17(12-29(18)11-15)20(30)28-6-4-14(10-28)19-26-5-7-31-19/h3-5,7-9,11-12H,6,10H2,1-2H3/b13-3+,25-9?. The van der Waals surface area contributed by atoms with Gasteiger partial charge in [0.15, 0.2) is 0 Å². The fourth-order valence-corrected chi connectivity index (χ4v) is 4.10. The van der Waals surface area contributed by atoms with Crippen LogP contribution in [0.25, 0.3) is 16.8 Å². The van der Waals surface area contributed by atoms with Gasteiger partial charge in [0, 0.05) is 61.5 Å². The van der Waals surface area contributed by atoms with Gasteiger partial charge in [-0.15, -0.1) is 11.3 Å². The second-order valence-electron chi connectivity index (χ2n) is 6.88. The summed E-state index contributed by atoms with van der Waals surface area (Å²) < 4.78 is 42.5. The van der Waals surface area contributed by atoms with E-state index in [1.165, 1.54) is 39.2 Å². The maximum atomic E-state index is 13.8. The van der Waals surface area contributed by atoms with Crippen molar-refractivity contribution >= 4 is 40.3 Å². The van der Waals surface area contributed by atoms with Gasteiger partial charge in [-0.1, -0.05) is 12.2 Å². The van der Waals surface area contributed by atoms with E-state index in [-0.39, 0.29) is 11.3 Å². The molecule has 3 aromatic rings. The summed E-state index contributed by atoms with van der Waals surface area (Å²) in [6.07, 6.45) is 4.98. The summed E-state index contributed by atoms with van der Waals surface area (Å²) in [5, 5.41) is 2.67. The number of amides is 1. The lowest BCUT2D eigenvalue weighted by molar-refractivity contribution is -0.136. The highest BCUT2D eigenvalue weighted by molar-refractivity contribution is 7.10. The lowest BCUT2D eigenvalue weighted by Crippen LogP contribution is -2.29. The van der Waals surface area contributed by atoms with Crippen molar-refractivity contribution in [2.45, 2.75) is 13.1 Å². The first-order valence-electron chi connectivity index (χ1n) is 9.38. The second kappa shape index (κ2) is 8.10. The highest BCUT2D eigenvalue weighted by Gasteiger charge is 2.35. The van der Waals surface area contributed by atoms with E-state index in [9.17, 15) is 18.0 Å². The summed E-state index contributed by atoms with van der Waals surface area (Å²) in [6.45, 7) is 2.42. The van der Waals surface area contributed by atoms with Crippen LogP contribution in [0, 0.1) is 0 Å². The van der Waals surface area contributed by atoms with E-state index >= 15 is 0 Å². The second-order valence-corrected chi connectivity index (χ2v) is 7.78. The third kappa shape index (κ3) is 4.02. The predicted octanol–water partition coefficient (Wildman–Crippen LogP) is 4.45. The van der Waals surface area contributed by atoms with Crippen LogP contribution >= 0.6 is 11.3 Å². The number of fused-ring (bicyclic) bond motifs is 1. The van der Waals surface area contributed by atoms with Crippen LogP contribution in [-0.4, -0.2) is 51.5 Å². The molecule has 0 unspecified atom stereocenters. The lowest BCUT2D eigenvalue weighted by Gasteiger charge is -2.14. The third-order valence-corrected chi connectivity index (χ3v) is 5.75. The Labute approximate surface area is 180 Å². The van der Waals surface area contributed by atoms with Crippen LogP contribution in [0.5, 0.6) is 0 Å². The number of allylic oxidation sites excluding steroid dienone is 2. The molecule has 0 saturated heterocycles.